The minimum atomic E-state index is -0.450. The van der Waals surface area contributed by atoms with Gasteiger partial charge in [0.05, 0.1) is 0 Å². The Morgan fingerprint density at radius 1 is 1.39 bits per heavy atom. The Kier molecular flexibility index (Phi) is 3.87. The third-order valence-corrected chi connectivity index (χ3v) is 4.84. The van der Waals surface area contributed by atoms with Crippen molar-refractivity contribution in [1.29, 1.82) is 0 Å². The van der Waals surface area contributed by atoms with Crippen LogP contribution in [0, 0.1) is 10.8 Å². The Hall–Kier alpha value is -1.62. The van der Waals surface area contributed by atoms with Gasteiger partial charge < -0.3 is 14.7 Å². The molecule has 1 aromatic rings. The average molecular weight is 318 g/mol. The average Bonchev–Trinajstić information content (AvgIpc) is 2.39. The number of amides is 1. The molecule has 126 valence electrons. The summed E-state index contributed by atoms with van der Waals surface area (Å²) in [5, 5.41) is 9.85. The standard InChI is InChI=1S/C18H26N2O3/c1-16(2,3)23-15(22)20-11-18(12-20)9-17(10-18,13-21)7-14-5-4-6-19-8-14/h4-6,8,21H,7,9-13H2,1-3H3. The molecule has 3 rings (SSSR count). The van der Waals surface area contributed by atoms with Crippen LogP contribution in [0.1, 0.15) is 39.2 Å². The Labute approximate surface area is 137 Å². The van der Waals surface area contributed by atoms with Gasteiger partial charge >= 0.3 is 6.09 Å². The third-order valence-electron chi connectivity index (χ3n) is 4.84. The summed E-state index contributed by atoms with van der Waals surface area (Å²) in [4.78, 5) is 18.0. The molecule has 5 nitrogen and oxygen atoms in total. The van der Waals surface area contributed by atoms with E-state index >= 15 is 0 Å². The molecule has 1 aliphatic carbocycles. The molecule has 0 unspecified atom stereocenters. The predicted molar refractivity (Wildman–Crippen MR) is 86.9 cm³/mol. The fraction of sp³-hybridized carbons (Fsp3) is 0.667. The first kappa shape index (κ1) is 16.2. The normalized spacial score (nSPS) is 21.5. The number of aliphatic hydroxyl groups is 1. The van der Waals surface area contributed by atoms with Gasteiger partial charge in [0.1, 0.15) is 5.60 Å². The first-order valence-corrected chi connectivity index (χ1v) is 8.23. The number of aromatic nitrogens is 1. The van der Waals surface area contributed by atoms with Crippen LogP contribution in [0.15, 0.2) is 24.5 Å². The molecule has 1 N–H and O–H groups in total. The van der Waals surface area contributed by atoms with Crippen molar-refractivity contribution in [3.05, 3.63) is 30.1 Å². The highest BCUT2D eigenvalue weighted by Gasteiger charge is 2.60. The summed E-state index contributed by atoms with van der Waals surface area (Å²) in [7, 11) is 0. The summed E-state index contributed by atoms with van der Waals surface area (Å²) in [5.41, 5.74) is 0.846. The van der Waals surface area contributed by atoms with Crippen molar-refractivity contribution in [3.8, 4) is 0 Å². The summed E-state index contributed by atoms with van der Waals surface area (Å²) >= 11 is 0. The van der Waals surface area contributed by atoms with Crippen molar-refractivity contribution in [2.75, 3.05) is 19.7 Å². The van der Waals surface area contributed by atoms with Gasteiger partial charge in [-0.15, -0.1) is 0 Å². The maximum absolute atomic E-state index is 12.0. The van der Waals surface area contributed by atoms with Crippen LogP contribution in [0.2, 0.25) is 0 Å². The largest absolute Gasteiger partial charge is 0.444 e. The monoisotopic (exact) mass is 318 g/mol. The van der Waals surface area contributed by atoms with Gasteiger partial charge in [0.25, 0.3) is 0 Å². The van der Waals surface area contributed by atoms with Gasteiger partial charge in [-0.3, -0.25) is 4.98 Å². The van der Waals surface area contributed by atoms with Crippen LogP contribution in [0.5, 0.6) is 0 Å². The van der Waals surface area contributed by atoms with Crippen LogP contribution >= 0.6 is 0 Å². The molecule has 0 aromatic carbocycles. The molecule has 2 aliphatic rings. The van der Waals surface area contributed by atoms with Crippen molar-refractivity contribution in [1.82, 2.24) is 9.88 Å². The zero-order chi connectivity index (χ0) is 16.7. The molecule has 1 aromatic heterocycles. The maximum atomic E-state index is 12.0. The first-order valence-electron chi connectivity index (χ1n) is 8.23. The summed E-state index contributed by atoms with van der Waals surface area (Å²) in [6.07, 6.45) is 6.19. The molecule has 2 heterocycles. The van der Waals surface area contributed by atoms with Crippen molar-refractivity contribution >= 4 is 6.09 Å². The van der Waals surface area contributed by atoms with E-state index in [9.17, 15) is 9.90 Å². The SMILES string of the molecule is CC(C)(C)OC(=O)N1CC2(C1)CC(CO)(Cc1cccnc1)C2. The number of likely N-dealkylation sites (tertiary alicyclic amines) is 1. The van der Waals surface area contributed by atoms with E-state index in [4.69, 9.17) is 4.74 Å². The lowest BCUT2D eigenvalue weighted by Crippen LogP contribution is -2.68. The van der Waals surface area contributed by atoms with Crippen molar-refractivity contribution in [2.24, 2.45) is 10.8 Å². The van der Waals surface area contributed by atoms with Gasteiger partial charge in [-0.2, -0.15) is 0 Å². The second-order valence-corrected chi connectivity index (χ2v) is 8.39. The zero-order valence-electron chi connectivity index (χ0n) is 14.2. The topological polar surface area (TPSA) is 62.7 Å². The molecule has 23 heavy (non-hydrogen) atoms. The van der Waals surface area contributed by atoms with Gasteiger partial charge in [-0.25, -0.2) is 4.79 Å². The fourth-order valence-corrected chi connectivity index (χ4v) is 4.21. The van der Waals surface area contributed by atoms with Gasteiger partial charge in [0.2, 0.25) is 0 Å². The second kappa shape index (κ2) is 5.48. The quantitative estimate of drug-likeness (QED) is 0.930. The van der Waals surface area contributed by atoms with Crippen LogP contribution in [0.3, 0.4) is 0 Å². The lowest BCUT2D eigenvalue weighted by Gasteiger charge is -2.63. The summed E-state index contributed by atoms with van der Waals surface area (Å²) in [6.45, 7) is 7.33. The van der Waals surface area contributed by atoms with Gasteiger partial charge in [-0.05, 0) is 57.1 Å². The Bertz CT molecular complexity index is 566. The lowest BCUT2D eigenvalue weighted by atomic mass is 9.48. The smallest absolute Gasteiger partial charge is 0.410 e. The zero-order valence-corrected chi connectivity index (χ0v) is 14.2. The predicted octanol–water partition coefficient (Wildman–Crippen LogP) is 2.63. The van der Waals surface area contributed by atoms with E-state index in [-0.39, 0.29) is 23.5 Å². The van der Waals surface area contributed by atoms with Crippen LogP contribution in [0.4, 0.5) is 4.79 Å². The number of hydrogen-bond donors (Lipinski definition) is 1. The van der Waals surface area contributed by atoms with Crippen molar-refractivity contribution < 1.29 is 14.6 Å². The Morgan fingerprint density at radius 3 is 2.61 bits per heavy atom. The molecule has 1 amide bonds. The number of nitrogens with zero attached hydrogens (tertiary/aromatic N) is 2. The number of pyridine rings is 1. The van der Waals surface area contributed by atoms with Gasteiger partial charge in [-0.1, -0.05) is 6.07 Å². The summed E-state index contributed by atoms with van der Waals surface area (Å²) < 4.78 is 5.41. The molecule has 5 heteroatoms. The Balaban J connectivity index is 1.53. The lowest BCUT2D eigenvalue weighted by molar-refractivity contribution is -0.153. The third kappa shape index (κ3) is 3.34. The molecule has 0 bridgehead atoms. The van der Waals surface area contributed by atoms with E-state index in [1.54, 1.807) is 11.1 Å². The van der Waals surface area contributed by atoms with Crippen LogP contribution < -0.4 is 0 Å². The highest BCUT2D eigenvalue weighted by Crippen LogP contribution is 2.60. The van der Waals surface area contributed by atoms with Crippen LogP contribution in [0.25, 0.3) is 0 Å². The molecule has 1 saturated carbocycles. The van der Waals surface area contributed by atoms with E-state index in [1.807, 2.05) is 33.0 Å². The first-order chi connectivity index (χ1) is 10.7. The van der Waals surface area contributed by atoms with E-state index < -0.39 is 5.60 Å². The molecular weight excluding hydrogens is 292 g/mol. The number of carbonyl (C=O) groups is 1. The molecular formula is C18H26N2O3. The Morgan fingerprint density at radius 2 is 2.09 bits per heavy atom. The number of aliphatic hydroxyl groups excluding tert-OH is 1. The van der Waals surface area contributed by atoms with E-state index in [0.29, 0.717) is 0 Å². The van der Waals surface area contributed by atoms with Crippen molar-refractivity contribution in [3.63, 3.8) is 0 Å². The summed E-state index contributed by atoms with van der Waals surface area (Å²) in [6, 6.07) is 3.99. The number of rotatable bonds is 3. The maximum Gasteiger partial charge on any atom is 0.410 e. The highest BCUT2D eigenvalue weighted by atomic mass is 16.6. The summed E-state index contributed by atoms with van der Waals surface area (Å²) in [5.74, 6) is 0. The highest BCUT2D eigenvalue weighted by molar-refractivity contribution is 5.69. The minimum absolute atomic E-state index is 0.0525. The van der Waals surface area contributed by atoms with Gasteiger partial charge in [0, 0.05) is 37.5 Å². The molecule has 0 radical (unpaired) electrons. The van der Waals surface area contributed by atoms with Crippen LogP contribution in [-0.4, -0.2) is 46.4 Å². The van der Waals surface area contributed by atoms with Crippen molar-refractivity contribution in [2.45, 2.75) is 45.6 Å². The van der Waals surface area contributed by atoms with E-state index in [2.05, 4.69) is 11.1 Å². The molecule has 1 spiro atoms. The number of ether oxygens (including phenoxy) is 1. The van der Waals surface area contributed by atoms with E-state index in [1.165, 1.54) is 5.56 Å². The fourth-order valence-electron chi connectivity index (χ4n) is 4.21. The molecule has 0 atom stereocenters. The molecule has 1 aliphatic heterocycles. The second-order valence-electron chi connectivity index (χ2n) is 8.39. The van der Waals surface area contributed by atoms with E-state index in [0.717, 1.165) is 32.4 Å². The molecule has 2 fully saturated rings. The number of hydrogen-bond acceptors (Lipinski definition) is 4. The van der Waals surface area contributed by atoms with Gasteiger partial charge in [0.15, 0.2) is 0 Å². The minimum Gasteiger partial charge on any atom is -0.444 e. The molecule has 1 saturated heterocycles. The van der Waals surface area contributed by atoms with Crippen LogP contribution in [-0.2, 0) is 11.2 Å². The number of carbonyl (C=O) groups excluding carboxylic acids is 1.